The minimum absolute atomic E-state index is 0.100. The van der Waals surface area contributed by atoms with Gasteiger partial charge in [0.2, 0.25) is 0 Å². The Morgan fingerprint density at radius 1 is 1.12 bits per heavy atom. The van der Waals surface area contributed by atoms with Crippen LogP contribution in [0.3, 0.4) is 0 Å². The average molecular weight is 341 g/mol. The summed E-state index contributed by atoms with van der Waals surface area (Å²) in [4.78, 5) is 12.1. The van der Waals surface area contributed by atoms with E-state index in [2.05, 4.69) is 6.92 Å². The summed E-state index contributed by atoms with van der Waals surface area (Å²) in [5.41, 5.74) is 0. The van der Waals surface area contributed by atoms with Crippen LogP contribution >= 0.6 is 0 Å². The van der Waals surface area contributed by atoms with E-state index in [0.717, 1.165) is 64.2 Å². The van der Waals surface area contributed by atoms with Crippen LogP contribution in [-0.4, -0.2) is 39.9 Å². The third-order valence-corrected chi connectivity index (χ3v) is 5.06. The third kappa shape index (κ3) is 7.91. The second kappa shape index (κ2) is 12.6. The van der Waals surface area contributed by atoms with Crippen molar-refractivity contribution in [2.75, 3.05) is 6.61 Å². The van der Waals surface area contributed by atoms with Crippen LogP contribution in [0.1, 0.15) is 77.6 Å². The number of Topliss-reactive ketones (excluding diaryl/α,β-unsaturated/α-hetero) is 1. The number of carbonyl (C=O) groups is 1. The predicted molar refractivity (Wildman–Crippen MR) is 96.7 cm³/mol. The van der Waals surface area contributed by atoms with Crippen molar-refractivity contribution in [3.05, 3.63) is 12.2 Å². The molecule has 4 heteroatoms. The lowest BCUT2D eigenvalue weighted by molar-refractivity contribution is -0.121. The molecule has 1 rings (SSSR count). The Morgan fingerprint density at radius 3 is 2.54 bits per heavy atom. The SMILES string of the molecule is CCCCCC(O)C=CC1C(O)CC(=O)C1CCCCCCCO. The lowest BCUT2D eigenvalue weighted by Gasteiger charge is -2.18. The molecule has 1 aliphatic rings. The van der Waals surface area contributed by atoms with Crippen molar-refractivity contribution in [2.24, 2.45) is 11.8 Å². The molecule has 0 aliphatic heterocycles. The van der Waals surface area contributed by atoms with Gasteiger partial charge in [-0.15, -0.1) is 0 Å². The lowest BCUT2D eigenvalue weighted by atomic mass is 9.88. The molecule has 4 unspecified atom stereocenters. The van der Waals surface area contributed by atoms with Crippen molar-refractivity contribution < 1.29 is 20.1 Å². The van der Waals surface area contributed by atoms with Gasteiger partial charge >= 0.3 is 0 Å². The number of aliphatic hydroxyl groups excluding tert-OH is 3. The van der Waals surface area contributed by atoms with Gasteiger partial charge in [-0.05, 0) is 19.3 Å². The highest BCUT2D eigenvalue weighted by molar-refractivity contribution is 5.84. The Labute approximate surface area is 147 Å². The first-order chi connectivity index (χ1) is 11.6. The monoisotopic (exact) mass is 340 g/mol. The fourth-order valence-electron chi connectivity index (χ4n) is 3.55. The molecular weight excluding hydrogens is 304 g/mol. The van der Waals surface area contributed by atoms with Gasteiger partial charge in [0, 0.05) is 24.9 Å². The molecule has 4 nitrogen and oxygen atoms in total. The smallest absolute Gasteiger partial charge is 0.139 e. The number of hydrogen-bond acceptors (Lipinski definition) is 4. The van der Waals surface area contributed by atoms with Crippen LogP contribution < -0.4 is 0 Å². The molecule has 0 aromatic rings. The summed E-state index contributed by atoms with van der Waals surface area (Å²) in [6.45, 7) is 2.39. The Morgan fingerprint density at radius 2 is 1.83 bits per heavy atom. The summed E-state index contributed by atoms with van der Waals surface area (Å²) in [6, 6.07) is 0. The van der Waals surface area contributed by atoms with E-state index in [9.17, 15) is 15.0 Å². The fourth-order valence-corrected chi connectivity index (χ4v) is 3.55. The van der Waals surface area contributed by atoms with E-state index >= 15 is 0 Å². The van der Waals surface area contributed by atoms with Gasteiger partial charge in [-0.2, -0.15) is 0 Å². The molecule has 0 radical (unpaired) electrons. The molecule has 1 saturated carbocycles. The van der Waals surface area contributed by atoms with E-state index in [1.165, 1.54) is 0 Å². The molecule has 0 spiro atoms. The highest BCUT2D eigenvalue weighted by atomic mass is 16.3. The summed E-state index contributed by atoms with van der Waals surface area (Å²) in [5, 5.41) is 28.9. The quantitative estimate of drug-likeness (QED) is 0.355. The van der Waals surface area contributed by atoms with Crippen LogP contribution in [0.15, 0.2) is 12.2 Å². The molecule has 3 N–H and O–H groups in total. The zero-order chi connectivity index (χ0) is 17.8. The number of unbranched alkanes of at least 4 members (excludes halogenated alkanes) is 6. The number of aliphatic hydroxyl groups is 3. The largest absolute Gasteiger partial charge is 0.396 e. The molecule has 4 atom stereocenters. The maximum Gasteiger partial charge on any atom is 0.139 e. The van der Waals surface area contributed by atoms with Gasteiger partial charge in [-0.25, -0.2) is 0 Å². The van der Waals surface area contributed by atoms with Crippen molar-refractivity contribution in [2.45, 2.75) is 89.8 Å². The summed E-state index contributed by atoms with van der Waals surface area (Å²) in [6.07, 6.45) is 12.7. The van der Waals surface area contributed by atoms with Crippen molar-refractivity contribution >= 4 is 5.78 Å². The predicted octanol–water partition coefficient (Wildman–Crippen LogP) is 3.38. The van der Waals surface area contributed by atoms with Crippen LogP contribution in [0.5, 0.6) is 0 Å². The van der Waals surface area contributed by atoms with Gasteiger partial charge < -0.3 is 15.3 Å². The first-order valence-corrected chi connectivity index (χ1v) is 9.78. The molecular formula is C20H36O4. The second-order valence-corrected chi connectivity index (χ2v) is 7.15. The number of rotatable bonds is 13. The molecule has 0 bridgehead atoms. The summed E-state index contributed by atoms with van der Waals surface area (Å²) in [7, 11) is 0. The van der Waals surface area contributed by atoms with Crippen molar-refractivity contribution in [3.8, 4) is 0 Å². The normalized spacial score (nSPS) is 25.7. The van der Waals surface area contributed by atoms with Gasteiger partial charge in [0.1, 0.15) is 5.78 Å². The third-order valence-electron chi connectivity index (χ3n) is 5.06. The number of carbonyl (C=O) groups excluding carboxylic acids is 1. The Hall–Kier alpha value is -0.710. The maximum atomic E-state index is 12.1. The van der Waals surface area contributed by atoms with Crippen LogP contribution in [0, 0.1) is 11.8 Å². The number of ketones is 1. The van der Waals surface area contributed by atoms with Gasteiger partial charge in [-0.1, -0.05) is 64.0 Å². The molecule has 1 aliphatic carbocycles. The zero-order valence-corrected chi connectivity index (χ0v) is 15.2. The van der Waals surface area contributed by atoms with Gasteiger partial charge in [0.05, 0.1) is 12.2 Å². The van der Waals surface area contributed by atoms with Gasteiger partial charge in [0.15, 0.2) is 0 Å². The Bertz CT molecular complexity index is 367. The van der Waals surface area contributed by atoms with Crippen molar-refractivity contribution in [3.63, 3.8) is 0 Å². The van der Waals surface area contributed by atoms with Crippen LogP contribution in [-0.2, 0) is 4.79 Å². The number of hydrogen-bond donors (Lipinski definition) is 3. The van der Waals surface area contributed by atoms with Crippen LogP contribution in [0.25, 0.3) is 0 Å². The average Bonchev–Trinajstić information content (AvgIpc) is 2.82. The highest BCUT2D eigenvalue weighted by Crippen LogP contribution is 2.34. The van der Waals surface area contributed by atoms with E-state index < -0.39 is 12.2 Å². The standard InChI is InChI=1S/C20H36O4/c1-2-3-7-10-16(22)12-13-18-17(19(23)15-20(18)24)11-8-5-4-6-9-14-21/h12-13,16-18,20-22,24H,2-11,14-15H2,1H3. The Kier molecular flexibility index (Phi) is 11.2. The fraction of sp³-hybridized carbons (Fsp3) is 0.850. The van der Waals surface area contributed by atoms with Gasteiger partial charge in [-0.3, -0.25) is 4.79 Å². The molecule has 0 heterocycles. The van der Waals surface area contributed by atoms with Crippen molar-refractivity contribution in [1.82, 2.24) is 0 Å². The van der Waals surface area contributed by atoms with Crippen LogP contribution in [0.4, 0.5) is 0 Å². The van der Waals surface area contributed by atoms with E-state index in [4.69, 9.17) is 5.11 Å². The van der Waals surface area contributed by atoms with Gasteiger partial charge in [0.25, 0.3) is 0 Å². The molecule has 0 amide bonds. The van der Waals surface area contributed by atoms with E-state index in [0.29, 0.717) is 0 Å². The lowest BCUT2D eigenvalue weighted by Crippen LogP contribution is -2.19. The molecule has 140 valence electrons. The molecule has 0 saturated heterocycles. The second-order valence-electron chi connectivity index (χ2n) is 7.15. The van der Waals surface area contributed by atoms with Crippen molar-refractivity contribution in [1.29, 1.82) is 0 Å². The first kappa shape index (κ1) is 21.3. The van der Waals surface area contributed by atoms with E-state index in [1.807, 2.05) is 6.08 Å². The molecule has 0 aromatic heterocycles. The summed E-state index contributed by atoms with van der Waals surface area (Å²) in [5.74, 6) is -0.0827. The molecule has 24 heavy (non-hydrogen) atoms. The minimum atomic E-state index is -0.601. The van der Waals surface area contributed by atoms with Crippen LogP contribution in [0.2, 0.25) is 0 Å². The first-order valence-electron chi connectivity index (χ1n) is 9.78. The van der Waals surface area contributed by atoms with E-state index in [1.54, 1.807) is 6.08 Å². The summed E-state index contributed by atoms with van der Waals surface area (Å²) >= 11 is 0. The van der Waals surface area contributed by atoms with E-state index in [-0.39, 0.29) is 30.6 Å². The Balaban J connectivity index is 2.40. The molecule has 0 aromatic carbocycles. The topological polar surface area (TPSA) is 77.8 Å². The maximum absolute atomic E-state index is 12.1. The molecule has 1 fully saturated rings. The summed E-state index contributed by atoms with van der Waals surface area (Å²) < 4.78 is 0. The zero-order valence-electron chi connectivity index (χ0n) is 15.2. The highest BCUT2D eigenvalue weighted by Gasteiger charge is 2.39. The minimum Gasteiger partial charge on any atom is -0.396 e.